The first kappa shape index (κ1) is 21.0. The van der Waals surface area contributed by atoms with Crippen LogP contribution in [0.4, 0.5) is 13.2 Å². The summed E-state index contributed by atoms with van der Waals surface area (Å²) >= 11 is 0. The molecule has 1 aliphatic rings. The van der Waals surface area contributed by atoms with Crippen molar-refractivity contribution in [2.24, 2.45) is 13.0 Å². The van der Waals surface area contributed by atoms with Gasteiger partial charge in [-0.3, -0.25) is 8.97 Å². The van der Waals surface area contributed by atoms with Crippen molar-refractivity contribution in [3.8, 4) is 11.8 Å². The fourth-order valence-electron chi connectivity index (χ4n) is 4.53. The minimum absolute atomic E-state index is 0.142. The molecule has 3 heterocycles. The van der Waals surface area contributed by atoms with Gasteiger partial charge in [0, 0.05) is 25.4 Å². The van der Waals surface area contributed by atoms with E-state index < -0.39 is 17.4 Å². The predicted molar refractivity (Wildman–Crippen MR) is 113 cm³/mol. The van der Waals surface area contributed by atoms with Crippen molar-refractivity contribution in [1.82, 2.24) is 23.7 Å². The van der Waals surface area contributed by atoms with Gasteiger partial charge in [0.25, 0.3) is 0 Å². The van der Waals surface area contributed by atoms with E-state index in [4.69, 9.17) is 0 Å². The third-order valence-electron chi connectivity index (χ3n) is 6.35. The highest BCUT2D eigenvalue weighted by molar-refractivity contribution is 5.57. The number of hydrogen-bond donors (Lipinski definition) is 0. The summed E-state index contributed by atoms with van der Waals surface area (Å²) in [5.41, 5.74) is -0.365. The maximum absolute atomic E-state index is 13.5. The SMILES string of the molecule is Cn1cnnc1[C@H](c1cc(C#N)cc(-n2cc3c(C(F)(F)F)cccn3c2=O)c1)C1CCC1. The maximum Gasteiger partial charge on any atom is 0.418 e. The molecule has 3 aromatic heterocycles. The van der Waals surface area contributed by atoms with Gasteiger partial charge in [-0.2, -0.15) is 18.4 Å². The van der Waals surface area contributed by atoms with Crippen LogP contribution in [0.5, 0.6) is 0 Å². The Bertz CT molecular complexity index is 1450. The molecule has 0 unspecified atom stereocenters. The second-order valence-corrected chi connectivity index (χ2v) is 8.35. The van der Waals surface area contributed by atoms with E-state index in [9.17, 15) is 23.2 Å². The van der Waals surface area contributed by atoms with Crippen LogP contribution in [0.3, 0.4) is 0 Å². The van der Waals surface area contributed by atoms with Gasteiger partial charge in [-0.25, -0.2) is 4.79 Å². The molecular weight excluding hydrogens is 433 g/mol. The van der Waals surface area contributed by atoms with E-state index in [0.29, 0.717) is 17.2 Å². The summed E-state index contributed by atoms with van der Waals surface area (Å²) in [6.45, 7) is 0. The lowest BCUT2D eigenvalue weighted by Crippen LogP contribution is -2.24. The van der Waals surface area contributed by atoms with Gasteiger partial charge in [-0.15, -0.1) is 10.2 Å². The first-order valence-corrected chi connectivity index (χ1v) is 10.5. The van der Waals surface area contributed by atoms with E-state index in [1.54, 1.807) is 18.5 Å². The van der Waals surface area contributed by atoms with Crippen molar-refractivity contribution >= 4 is 5.52 Å². The van der Waals surface area contributed by atoms with Crippen LogP contribution < -0.4 is 5.69 Å². The smallest absolute Gasteiger partial charge is 0.320 e. The van der Waals surface area contributed by atoms with Crippen molar-refractivity contribution in [3.63, 3.8) is 0 Å². The molecule has 0 bridgehead atoms. The Morgan fingerprint density at radius 2 is 2.03 bits per heavy atom. The molecule has 0 N–H and O–H groups in total. The third-order valence-corrected chi connectivity index (χ3v) is 6.35. The van der Waals surface area contributed by atoms with Gasteiger partial charge in [0.1, 0.15) is 12.2 Å². The van der Waals surface area contributed by atoms with Crippen molar-refractivity contribution in [3.05, 3.63) is 82.1 Å². The van der Waals surface area contributed by atoms with Gasteiger partial charge in [0.2, 0.25) is 0 Å². The molecule has 1 fully saturated rings. The van der Waals surface area contributed by atoms with E-state index >= 15 is 0 Å². The van der Waals surface area contributed by atoms with E-state index in [2.05, 4.69) is 16.3 Å². The summed E-state index contributed by atoms with van der Waals surface area (Å²) in [5.74, 6) is 0.905. The number of nitriles is 1. The Hall–Kier alpha value is -3.87. The molecule has 0 radical (unpaired) electrons. The van der Waals surface area contributed by atoms with Crippen molar-refractivity contribution in [1.29, 1.82) is 5.26 Å². The number of aromatic nitrogens is 5. The fourth-order valence-corrected chi connectivity index (χ4v) is 4.53. The van der Waals surface area contributed by atoms with Crippen LogP contribution in [0, 0.1) is 17.2 Å². The van der Waals surface area contributed by atoms with Crippen LogP contribution in [0.2, 0.25) is 0 Å². The molecule has 1 saturated carbocycles. The monoisotopic (exact) mass is 452 g/mol. The molecule has 0 aliphatic heterocycles. The second-order valence-electron chi connectivity index (χ2n) is 8.35. The Labute approximate surface area is 186 Å². The van der Waals surface area contributed by atoms with Crippen LogP contribution in [-0.4, -0.2) is 23.7 Å². The summed E-state index contributed by atoms with van der Waals surface area (Å²) < 4.78 is 44.4. The fraction of sp³-hybridized carbons (Fsp3) is 0.304. The van der Waals surface area contributed by atoms with Crippen LogP contribution in [-0.2, 0) is 13.2 Å². The lowest BCUT2D eigenvalue weighted by molar-refractivity contribution is -0.136. The minimum Gasteiger partial charge on any atom is -0.320 e. The average Bonchev–Trinajstić information content (AvgIpc) is 3.32. The van der Waals surface area contributed by atoms with E-state index in [-0.39, 0.29) is 11.4 Å². The second kappa shape index (κ2) is 7.62. The molecule has 168 valence electrons. The predicted octanol–water partition coefficient (Wildman–Crippen LogP) is 4.04. The lowest BCUT2D eigenvalue weighted by atomic mass is 9.72. The van der Waals surface area contributed by atoms with Crippen LogP contribution in [0.25, 0.3) is 11.2 Å². The molecule has 5 rings (SSSR count). The normalized spacial score (nSPS) is 15.4. The molecule has 0 amide bonds. The number of halogens is 3. The maximum atomic E-state index is 13.5. The minimum atomic E-state index is -4.61. The van der Waals surface area contributed by atoms with Gasteiger partial charge in [0.05, 0.1) is 28.4 Å². The van der Waals surface area contributed by atoms with Crippen molar-refractivity contribution < 1.29 is 13.2 Å². The Kier molecular flexibility index (Phi) is 4.85. The number of rotatable bonds is 4. The zero-order valence-corrected chi connectivity index (χ0v) is 17.6. The highest BCUT2D eigenvalue weighted by Crippen LogP contribution is 2.43. The first-order valence-electron chi connectivity index (χ1n) is 10.5. The van der Waals surface area contributed by atoms with Gasteiger partial charge >= 0.3 is 11.9 Å². The molecule has 0 saturated heterocycles. The quantitative estimate of drug-likeness (QED) is 0.468. The van der Waals surface area contributed by atoms with E-state index in [1.165, 1.54) is 24.5 Å². The van der Waals surface area contributed by atoms with Gasteiger partial charge in [-0.05, 0) is 54.7 Å². The molecule has 10 heteroatoms. The van der Waals surface area contributed by atoms with Gasteiger partial charge < -0.3 is 4.57 Å². The molecule has 1 aromatic carbocycles. The molecule has 33 heavy (non-hydrogen) atoms. The highest BCUT2D eigenvalue weighted by Gasteiger charge is 2.35. The standard InChI is InChI=1S/C23H19F3N6O/c1-30-13-28-29-21(30)20(15-4-2-5-15)16-8-14(11-27)9-17(10-16)32-12-19-18(23(24,25)26)6-3-7-31(19)22(32)33/h3,6-10,12-13,15,20H,2,4-5H2,1H3/t20-/m0/s1. The summed E-state index contributed by atoms with van der Waals surface area (Å²) in [6.07, 6.45) is 2.56. The number of fused-ring (bicyclic) bond motifs is 1. The zero-order valence-electron chi connectivity index (χ0n) is 17.6. The largest absolute Gasteiger partial charge is 0.418 e. The highest BCUT2D eigenvalue weighted by atomic mass is 19.4. The summed E-state index contributed by atoms with van der Waals surface area (Å²) in [7, 11) is 1.85. The number of imidazole rings is 1. The first-order chi connectivity index (χ1) is 15.8. The molecule has 1 aliphatic carbocycles. The Morgan fingerprint density at radius 1 is 1.24 bits per heavy atom. The lowest BCUT2D eigenvalue weighted by Gasteiger charge is -2.33. The number of alkyl halides is 3. The van der Waals surface area contributed by atoms with Crippen molar-refractivity contribution in [2.45, 2.75) is 31.4 Å². The molecule has 1 atom stereocenters. The molecular formula is C23H19F3N6O. The van der Waals surface area contributed by atoms with E-state index in [0.717, 1.165) is 45.7 Å². The van der Waals surface area contributed by atoms with Crippen LogP contribution in [0.1, 0.15) is 47.7 Å². The molecule has 7 nitrogen and oxygen atoms in total. The number of benzene rings is 1. The van der Waals surface area contributed by atoms with Crippen LogP contribution >= 0.6 is 0 Å². The Morgan fingerprint density at radius 3 is 2.64 bits per heavy atom. The number of pyridine rings is 1. The molecule has 4 aromatic rings. The summed E-state index contributed by atoms with van der Waals surface area (Å²) in [5, 5.41) is 17.9. The Balaban J connectivity index is 1.71. The van der Waals surface area contributed by atoms with E-state index in [1.807, 2.05) is 11.6 Å². The topological polar surface area (TPSA) is 80.9 Å². The van der Waals surface area contributed by atoms with Crippen LogP contribution in [0.15, 0.2) is 53.8 Å². The molecule has 0 spiro atoms. The summed E-state index contributed by atoms with van der Waals surface area (Å²) in [6, 6.07) is 9.26. The number of nitrogens with zero attached hydrogens (tertiary/aromatic N) is 6. The van der Waals surface area contributed by atoms with Crippen molar-refractivity contribution in [2.75, 3.05) is 0 Å². The third kappa shape index (κ3) is 3.50. The average molecular weight is 452 g/mol. The zero-order chi connectivity index (χ0) is 23.3. The van der Waals surface area contributed by atoms with Gasteiger partial charge in [0.15, 0.2) is 0 Å². The number of hydrogen-bond acceptors (Lipinski definition) is 4. The summed E-state index contributed by atoms with van der Waals surface area (Å²) in [4.78, 5) is 13.0. The van der Waals surface area contributed by atoms with Gasteiger partial charge in [-0.1, -0.05) is 6.42 Å². The number of aryl methyl sites for hydroxylation is 1.